The van der Waals surface area contributed by atoms with Gasteiger partial charge < -0.3 is 48.6 Å². The Kier molecular flexibility index (Phi) is 23.5. The number of rotatable bonds is 21. The van der Waals surface area contributed by atoms with Gasteiger partial charge in [0.15, 0.2) is 0 Å². The quantitative estimate of drug-likeness (QED) is 0.0381. The topological polar surface area (TPSA) is 205 Å². The number of unbranched alkanes of at least 4 members (excludes halogenated alkanes) is 1. The first-order valence-electron chi connectivity index (χ1n) is 20.8. The predicted octanol–water partition coefficient (Wildman–Crippen LogP) is 9.11. The minimum absolute atomic E-state index is 0.233. The van der Waals surface area contributed by atoms with Gasteiger partial charge in [-0.2, -0.15) is 0 Å². The normalized spacial score (nSPS) is 12.1. The van der Waals surface area contributed by atoms with Crippen LogP contribution in [0, 0.1) is 0 Å². The van der Waals surface area contributed by atoms with E-state index in [-0.39, 0.29) is 6.54 Å². The molecule has 0 saturated heterocycles. The second kappa shape index (κ2) is 25.3. The molecule has 18 nitrogen and oxygen atoms in total. The number of azide groups is 1. The second-order valence-electron chi connectivity index (χ2n) is 19.4. The van der Waals surface area contributed by atoms with Gasteiger partial charge in [0.1, 0.15) is 28.0 Å². The van der Waals surface area contributed by atoms with Crippen LogP contribution in [0.15, 0.2) is 5.11 Å². The minimum Gasteiger partial charge on any atom is -0.444 e. The van der Waals surface area contributed by atoms with Crippen LogP contribution in [0.25, 0.3) is 10.4 Å². The maximum absolute atomic E-state index is 13.4. The molecule has 0 heterocycles. The van der Waals surface area contributed by atoms with E-state index in [1.54, 1.807) is 123 Å². The van der Waals surface area contributed by atoms with E-state index in [0.717, 1.165) is 0 Å². The third-order valence-electron chi connectivity index (χ3n) is 7.45. The molecule has 0 atom stereocenters. The second-order valence-corrected chi connectivity index (χ2v) is 19.4. The van der Waals surface area contributed by atoms with Gasteiger partial charge in [-0.25, -0.2) is 24.0 Å². The molecule has 0 aliphatic rings. The number of carbonyl (C=O) groups is 5. The summed E-state index contributed by atoms with van der Waals surface area (Å²) >= 11 is 0. The zero-order valence-electron chi connectivity index (χ0n) is 39.0. The van der Waals surface area contributed by atoms with Gasteiger partial charge in [0, 0.05) is 70.4 Å². The van der Waals surface area contributed by atoms with E-state index in [2.05, 4.69) is 15.3 Å². The van der Waals surface area contributed by atoms with Crippen molar-refractivity contribution in [3.05, 3.63) is 10.4 Å². The Morgan fingerprint density at radius 2 is 0.712 bits per heavy atom. The van der Waals surface area contributed by atoms with Gasteiger partial charge >= 0.3 is 30.5 Å². The Balaban J connectivity index is 5.76. The van der Waals surface area contributed by atoms with Crippen LogP contribution < -0.4 is 5.32 Å². The molecule has 5 amide bonds. The number of ether oxygens (including phenoxy) is 5. The van der Waals surface area contributed by atoms with Crippen molar-refractivity contribution in [2.24, 2.45) is 5.11 Å². The van der Waals surface area contributed by atoms with Gasteiger partial charge in [-0.1, -0.05) is 5.11 Å². The molecule has 342 valence electrons. The molecule has 1 N–H and O–H groups in total. The molecule has 0 aromatic carbocycles. The van der Waals surface area contributed by atoms with Crippen molar-refractivity contribution in [2.75, 3.05) is 65.4 Å². The fourth-order valence-corrected chi connectivity index (χ4v) is 5.15. The van der Waals surface area contributed by atoms with Crippen LogP contribution >= 0.6 is 0 Å². The standard InChI is InChI=1S/C41H78N8O10/c1-37(2,3)55-32(50)43-22-18-26-48(35(53)58-40(10,11)12)30-20-28-46(33(51)56-38(4,5)6)24-16-17-25-47(34(52)57-39(7,8)9)29-21-31-49(27-19-23-44-45-42)36(54)59-41(13,14)15/h16-31H2,1-15H3,(H,43,50). The van der Waals surface area contributed by atoms with E-state index in [1.807, 2.05) is 0 Å². The smallest absolute Gasteiger partial charge is 0.410 e. The van der Waals surface area contributed by atoms with Gasteiger partial charge in [-0.05, 0) is 148 Å². The first-order chi connectivity index (χ1) is 26.9. The third kappa shape index (κ3) is 30.4. The summed E-state index contributed by atoms with van der Waals surface area (Å²) in [6, 6.07) is 0. The van der Waals surface area contributed by atoms with E-state index in [1.165, 1.54) is 0 Å². The molecular formula is C41H78N8O10. The number of amides is 5. The van der Waals surface area contributed by atoms with Gasteiger partial charge in [-0.3, -0.25) is 0 Å². The molecule has 0 aromatic heterocycles. The van der Waals surface area contributed by atoms with E-state index < -0.39 is 58.5 Å². The molecule has 0 radical (unpaired) electrons. The van der Waals surface area contributed by atoms with Crippen LogP contribution in [0.1, 0.15) is 142 Å². The zero-order chi connectivity index (χ0) is 45.7. The van der Waals surface area contributed by atoms with Crippen LogP contribution in [0.3, 0.4) is 0 Å². The van der Waals surface area contributed by atoms with Crippen molar-refractivity contribution < 1.29 is 47.7 Å². The maximum atomic E-state index is 13.4. The van der Waals surface area contributed by atoms with Crippen LogP contribution in [0.4, 0.5) is 24.0 Å². The summed E-state index contributed by atoms with van der Waals surface area (Å²) in [5.41, 5.74) is 5.14. The lowest BCUT2D eigenvalue weighted by Gasteiger charge is -2.31. The monoisotopic (exact) mass is 843 g/mol. The van der Waals surface area contributed by atoms with Crippen LogP contribution in [0.5, 0.6) is 0 Å². The largest absolute Gasteiger partial charge is 0.444 e. The highest BCUT2D eigenvalue weighted by Crippen LogP contribution is 2.16. The maximum Gasteiger partial charge on any atom is 0.410 e. The molecule has 59 heavy (non-hydrogen) atoms. The van der Waals surface area contributed by atoms with E-state index in [4.69, 9.17) is 29.2 Å². The molecule has 0 aliphatic heterocycles. The highest BCUT2D eigenvalue weighted by atomic mass is 16.6. The molecule has 0 spiro atoms. The van der Waals surface area contributed by atoms with E-state index in [0.29, 0.717) is 97.4 Å². The number of alkyl carbamates (subject to hydrolysis) is 1. The van der Waals surface area contributed by atoms with Crippen LogP contribution in [-0.2, 0) is 23.7 Å². The van der Waals surface area contributed by atoms with Gasteiger partial charge in [0.2, 0.25) is 0 Å². The van der Waals surface area contributed by atoms with Crippen molar-refractivity contribution in [1.82, 2.24) is 24.9 Å². The van der Waals surface area contributed by atoms with Crippen molar-refractivity contribution in [3.8, 4) is 0 Å². The third-order valence-corrected chi connectivity index (χ3v) is 7.45. The predicted molar refractivity (Wildman–Crippen MR) is 227 cm³/mol. The van der Waals surface area contributed by atoms with Crippen LogP contribution in [-0.4, -0.2) is 144 Å². The fraction of sp³-hybridized carbons (Fsp3) is 0.878. The first-order valence-corrected chi connectivity index (χ1v) is 20.8. The number of carbonyl (C=O) groups excluding carboxylic acids is 5. The summed E-state index contributed by atoms with van der Waals surface area (Å²) in [6.07, 6.45) is 0.350. The van der Waals surface area contributed by atoms with Gasteiger partial charge in [-0.15, -0.1) is 0 Å². The van der Waals surface area contributed by atoms with Gasteiger partial charge in [0.25, 0.3) is 0 Å². The fourth-order valence-electron chi connectivity index (χ4n) is 5.15. The summed E-state index contributed by atoms with van der Waals surface area (Å²) in [6.45, 7) is 29.8. The Bertz CT molecular complexity index is 1350. The minimum atomic E-state index is -0.733. The summed E-state index contributed by atoms with van der Waals surface area (Å²) in [5.74, 6) is 0. The van der Waals surface area contributed by atoms with Crippen molar-refractivity contribution in [3.63, 3.8) is 0 Å². The molecule has 0 bridgehead atoms. The van der Waals surface area contributed by atoms with Crippen molar-refractivity contribution >= 4 is 30.5 Å². The number of nitrogens with one attached hydrogen (secondary N) is 1. The number of hydrogen-bond donors (Lipinski definition) is 1. The number of hydrogen-bond acceptors (Lipinski definition) is 11. The highest BCUT2D eigenvalue weighted by Gasteiger charge is 2.27. The Hall–Kier alpha value is -4.34. The Labute approximate surface area is 353 Å². The lowest BCUT2D eigenvalue weighted by atomic mass is 10.2. The average molecular weight is 843 g/mol. The van der Waals surface area contributed by atoms with E-state index in [9.17, 15) is 24.0 Å². The lowest BCUT2D eigenvalue weighted by molar-refractivity contribution is 0.0165. The molecule has 0 aromatic rings. The molecule has 0 saturated carbocycles. The summed E-state index contributed by atoms with van der Waals surface area (Å²) in [7, 11) is 0. The Morgan fingerprint density at radius 1 is 0.441 bits per heavy atom. The summed E-state index contributed by atoms with van der Waals surface area (Å²) in [4.78, 5) is 74.0. The molecule has 0 fully saturated rings. The zero-order valence-corrected chi connectivity index (χ0v) is 39.0. The summed E-state index contributed by atoms with van der Waals surface area (Å²) in [5, 5.41) is 6.27. The molecule has 18 heteroatoms. The van der Waals surface area contributed by atoms with Crippen molar-refractivity contribution in [1.29, 1.82) is 0 Å². The Morgan fingerprint density at radius 3 is 1.00 bits per heavy atom. The highest BCUT2D eigenvalue weighted by molar-refractivity contribution is 5.70. The van der Waals surface area contributed by atoms with Crippen molar-refractivity contribution in [2.45, 2.75) is 170 Å². The van der Waals surface area contributed by atoms with E-state index >= 15 is 0 Å². The lowest BCUT2D eigenvalue weighted by Crippen LogP contribution is -2.42. The molecular weight excluding hydrogens is 764 g/mol. The molecule has 0 aliphatic carbocycles. The van der Waals surface area contributed by atoms with Crippen LogP contribution in [0.2, 0.25) is 0 Å². The summed E-state index contributed by atoms with van der Waals surface area (Å²) < 4.78 is 28.0. The van der Waals surface area contributed by atoms with Gasteiger partial charge in [0.05, 0.1) is 0 Å². The SMILES string of the molecule is CC(C)(C)OC(=O)NCCCN(CCCN(CCCCN(CCCN(CCCN=[N+]=[N-])C(=O)OC(C)(C)C)C(=O)OC(C)(C)C)C(=O)OC(C)(C)C)C(=O)OC(C)(C)C. The molecule has 0 rings (SSSR count). The average Bonchev–Trinajstić information content (AvgIpc) is 3.02. The first kappa shape index (κ1) is 54.7. The number of nitrogens with zero attached hydrogens (tertiary/aromatic N) is 7. The molecule has 0 unspecified atom stereocenters.